The normalized spacial score (nSPS) is 14.2. The molecule has 1 fully saturated rings. The maximum Gasteiger partial charge on any atom is 0.243 e. The van der Waals surface area contributed by atoms with E-state index in [2.05, 4.69) is 0 Å². The van der Waals surface area contributed by atoms with E-state index in [-0.39, 0.29) is 29.7 Å². The van der Waals surface area contributed by atoms with Crippen molar-refractivity contribution in [3.63, 3.8) is 0 Å². The van der Waals surface area contributed by atoms with E-state index in [1.165, 1.54) is 22.5 Å². The van der Waals surface area contributed by atoms with Gasteiger partial charge in [0.25, 0.3) is 0 Å². The van der Waals surface area contributed by atoms with Gasteiger partial charge in [0.1, 0.15) is 11.6 Å². The van der Waals surface area contributed by atoms with Crippen molar-refractivity contribution in [2.45, 2.75) is 18.4 Å². The summed E-state index contributed by atoms with van der Waals surface area (Å²) in [6.45, 7) is 3.82. The van der Waals surface area contributed by atoms with E-state index in [0.717, 1.165) is 5.56 Å². The van der Waals surface area contributed by atoms with Gasteiger partial charge in [0, 0.05) is 32.7 Å². The molecule has 0 unspecified atom stereocenters. The Kier molecular flexibility index (Phi) is 8.22. The van der Waals surface area contributed by atoms with Crippen LogP contribution in [0, 0.1) is 5.82 Å². The summed E-state index contributed by atoms with van der Waals surface area (Å²) >= 11 is 0. The predicted molar refractivity (Wildman–Crippen MR) is 137 cm³/mol. The van der Waals surface area contributed by atoms with Crippen LogP contribution < -0.4 is 9.64 Å². The summed E-state index contributed by atoms with van der Waals surface area (Å²) in [6.07, 6.45) is 0. The summed E-state index contributed by atoms with van der Waals surface area (Å²) in [5, 5.41) is 0. The van der Waals surface area contributed by atoms with Crippen LogP contribution in [0.1, 0.15) is 12.5 Å². The van der Waals surface area contributed by atoms with Gasteiger partial charge < -0.3 is 14.5 Å². The Morgan fingerprint density at radius 2 is 1.56 bits per heavy atom. The summed E-state index contributed by atoms with van der Waals surface area (Å²) in [5.74, 6) is -0.00347. The van der Waals surface area contributed by atoms with Crippen LogP contribution in [0.25, 0.3) is 0 Å². The van der Waals surface area contributed by atoms with Crippen LogP contribution in [0.3, 0.4) is 0 Å². The summed E-state index contributed by atoms with van der Waals surface area (Å²) < 4.78 is 47.9. The van der Waals surface area contributed by atoms with Crippen molar-refractivity contribution in [1.29, 1.82) is 0 Å². The van der Waals surface area contributed by atoms with Crippen molar-refractivity contribution in [3.05, 3.63) is 90.2 Å². The average molecular weight is 512 g/mol. The quantitative estimate of drug-likeness (QED) is 0.438. The molecule has 0 aliphatic carbocycles. The van der Waals surface area contributed by atoms with E-state index in [9.17, 15) is 17.6 Å². The fourth-order valence-corrected chi connectivity index (χ4v) is 5.57. The summed E-state index contributed by atoms with van der Waals surface area (Å²) in [6, 6.07) is 22.0. The molecule has 3 aromatic carbocycles. The van der Waals surface area contributed by atoms with E-state index in [1.807, 2.05) is 42.2 Å². The van der Waals surface area contributed by atoms with Gasteiger partial charge in [0.15, 0.2) is 0 Å². The van der Waals surface area contributed by atoms with Gasteiger partial charge in [-0.15, -0.1) is 0 Å². The highest BCUT2D eigenvalue weighted by atomic mass is 32.2. The van der Waals surface area contributed by atoms with Crippen LogP contribution in [-0.4, -0.2) is 62.9 Å². The number of hydrogen-bond donors (Lipinski definition) is 0. The van der Waals surface area contributed by atoms with Crippen LogP contribution >= 0.6 is 0 Å². The van der Waals surface area contributed by atoms with Crippen LogP contribution in [0.4, 0.5) is 10.1 Å². The number of para-hydroxylation sites is 1. The largest absolute Gasteiger partial charge is 0.494 e. The van der Waals surface area contributed by atoms with Gasteiger partial charge in [-0.1, -0.05) is 42.5 Å². The van der Waals surface area contributed by atoms with Crippen molar-refractivity contribution in [1.82, 2.24) is 9.21 Å². The standard InChI is InChI=1S/C27H30FN3O4S/c1-2-35-23-12-14-24(15-13-23)36(33,34)31(20-22-8-4-3-5-9-22)21-27(32)30-18-16-29(17-19-30)26-11-7-6-10-25(26)28/h3-15H,2,16-21H2,1H3. The van der Waals surface area contributed by atoms with Gasteiger partial charge in [0.2, 0.25) is 15.9 Å². The molecule has 190 valence electrons. The van der Waals surface area contributed by atoms with Gasteiger partial charge in [-0.3, -0.25) is 4.79 Å². The minimum atomic E-state index is -3.95. The second-order valence-corrected chi connectivity index (χ2v) is 10.4. The molecule has 3 aromatic rings. The molecular formula is C27H30FN3O4S. The molecule has 36 heavy (non-hydrogen) atoms. The third kappa shape index (κ3) is 6.03. The lowest BCUT2D eigenvalue weighted by Crippen LogP contribution is -2.52. The minimum Gasteiger partial charge on any atom is -0.494 e. The predicted octanol–water partition coefficient (Wildman–Crippen LogP) is 3.76. The molecule has 1 aliphatic rings. The maximum absolute atomic E-state index is 14.2. The minimum absolute atomic E-state index is 0.0668. The van der Waals surface area contributed by atoms with Crippen molar-refractivity contribution in [2.75, 3.05) is 44.2 Å². The highest BCUT2D eigenvalue weighted by Gasteiger charge is 2.30. The van der Waals surface area contributed by atoms with Gasteiger partial charge in [-0.2, -0.15) is 4.31 Å². The molecule has 0 radical (unpaired) electrons. The SMILES string of the molecule is CCOc1ccc(S(=O)(=O)N(CC(=O)N2CCN(c3ccccc3F)CC2)Cc2ccccc2)cc1. The first kappa shape index (κ1) is 25.7. The Hall–Kier alpha value is -3.43. The molecule has 0 saturated carbocycles. The molecule has 1 aliphatic heterocycles. The Balaban J connectivity index is 1.49. The van der Waals surface area contributed by atoms with Crippen molar-refractivity contribution in [3.8, 4) is 5.75 Å². The summed E-state index contributed by atoms with van der Waals surface area (Å²) in [4.78, 5) is 16.9. The first-order valence-corrected chi connectivity index (χ1v) is 13.4. The van der Waals surface area contributed by atoms with Crippen LogP contribution in [-0.2, 0) is 21.4 Å². The number of benzene rings is 3. The number of carbonyl (C=O) groups is 1. The Morgan fingerprint density at radius 1 is 0.917 bits per heavy atom. The molecule has 1 saturated heterocycles. The molecule has 7 nitrogen and oxygen atoms in total. The zero-order chi connectivity index (χ0) is 25.5. The van der Waals surface area contributed by atoms with E-state index >= 15 is 0 Å². The number of rotatable bonds is 9. The monoisotopic (exact) mass is 511 g/mol. The van der Waals surface area contributed by atoms with Gasteiger partial charge in [-0.25, -0.2) is 12.8 Å². The number of amides is 1. The number of nitrogens with zero attached hydrogens (tertiary/aromatic N) is 3. The van der Waals surface area contributed by atoms with Crippen LogP contribution in [0.2, 0.25) is 0 Å². The molecule has 0 atom stereocenters. The molecular weight excluding hydrogens is 481 g/mol. The average Bonchev–Trinajstić information content (AvgIpc) is 2.90. The second kappa shape index (κ2) is 11.5. The molecule has 0 aromatic heterocycles. The molecule has 1 amide bonds. The first-order chi connectivity index (χ1) is 17.4. The molecule has 0 spiro atoms. The lowest BCUT2D eigenvalue weighted by atomic mass is 10.2. The Bertz CT molecular complexity index is 1260. The lowest BCUT2D eigenvalue weighted by molar-refractivity contribution is -0.131. The third-order valence-electron chi connectivity index (χ3n) is 6.11. The fraction of sp³-hybridized carbons (Fsp3) is 0.296. The fourth-order valence-electron chi connectivity index (χ4n) is 4.19. The summed E-state index contributed by atoms with van der Waals surface area (Å²) in [7, 11) is -3.95. The third-order valence-corrected chi connectivity index (χ3v) is 7.92. The number of sulfonamides is 1. The van der Waals surface area contributed by atoms with Gasteiger partial charge >= 0.3 is 0 Å². The van der Waals surface area contributed by atoms with Crippen molar-refractivity contribution < 1.29 is 22.3 Å². The Morgan fingerprint density at radius 3 is 2.19 bits per heavy atom. The topological polar surface area (TPSA) is 70.2 Å². The maximum atomic E-state index is 14.2. The van der Waals surface area contributed by atoms with E-state index in [4.69, 9.17) is 4.74 Å². The zero-order valence-electron chi connectivity index (χ0n) is 20.2. The van der Waals surface area contributed by atoms with E-state index in [0.29, 0.717) is 44.2 Å². The second-order valence-electron chi connectivity index (χ2n) is 8.48. The highest BCUT2D eigenvalue weighted by molar-refractivity contribution is 7.89. The lowest BCUT2D eigenvalue weighted by Gasteiger charge is -2.37. The van der Waals surface area contributed by atoms with Crippen molar-refractivity contribution >= 4 is 21.6 Å². The number of hydrogen-bond acceptors (Lipinski definition) is 5. The molecule has 1 heterocycles. The van der Waals surface area contributed by atoms with Crippen LogP contribution in [0.5, 0.6) is 5.75 Å². The molecule has 4 rings (SSSR count). The first-order valence-electron chi connectivity index (χ1n) is 11.9. The summed E-state index contributed by atoms with van der Waals surface area (Å²) in [5.41, 5.74) is 1.29. The highest BCUT2D eigenvalue weighted by Crippen LogP contribution is 2.23. The van der Waals surface area contributed by atoms with Gasteiger partial charge in [0.05, 0.1) is 23.7 Å². The van der Waals surface area contributed by atoms with Crippen LogP contribution in [0.15, 0.2) is 83.8 Å². The zero-order valence-corrected chi connectivity index (χ0v) is 21.0. The molecule has 0 N–H and O–H groups in total. The number of carbonyl (C=O) groups excluding carboxylic acids is 1. The van der Waals surface area contributed by atoms with Crippen molar-refractivity contribution in [2.24, 2.45) is 0 Å². The smallest absolute Gasteiger partial charge is 0.243 e. The number of anilines is 1. The number of ether oxygens (including phenoxy) is 1. The number of piperazine rings is 1. The molecule has 9 heteroatoms. The molecule has 0 bridgehead atoms. The number of halogens is 1. The van der Waals surface area contributed by atoms with E-state index < -0.39 is 10.0 Å². The van der Waals surface area contributed by atoms with Gasteiger partial charge in [-0.05, 0) is 48.9 Å². The Labute approximate surface area is 211 Å². The van der Waals surface area contributed by atoms with E-state index in [1.54, 1.807) is 35.2 Å².